The highest BCUT2D eigenvalue weighted by Crippen LogP contribution is 2.40. The molecule has 0 amide bonds. The van der Waals surface area contributed by atoms with Crippen LogP contribution in [0.2, 0.25) is 0 Å². The lowest BCUT2D eigenvalue weighted by Gasteiger charge is -2.18. The van der Waals surface area contributed by atoms with Crippen molar-refractivity contribution < 1.29 is 0 Å². The number of aromatic nitrogens is 2. The van der Waals surface area contributed by atoms with E-state index in [0.29, 0.717) is 18.3 Å². The van der Waals surface area contributed by atoms with Crippen molar-refractivity contribution in [1.82, 2.24) is 9.97 Å². The fourth-order valence-corrected chi connectivity index (χ4v) is 3.05. The molecule has 0 aliphatic heterocycles. The van der Waals surface area contributed by atoms with Crippen LogP contribution in [0.25, 0.3) is 11.3 Å². The molecule has 6 N–H and O–H groups in total. The third kappa shape index (κ3) is 2.10. The summed E-state index contributed by atoms with van der Waals surface area (Å²) in [5.74, 6) is 1.01. The van der Waals surface area contributed by atoms with Gasteiger partial charge in [-0.05, 0) is 37.3 Å². The molecule has 0 saturated carbocycles. The van der Waals surface area contributed by atoms with Crippen molar-refractivity contribution in [1.29, 1.82) is 0 Å². The van der Waals surface area contributed by atoms with E-state index in [1.54, 1.807) is 0 Å². The van der Waals surface area contributed by atoms with Crippen molar-refractivity contribution in [3.8, 4) is 11.3 Å². The first-order valence-corrected chi connectivity index (χ1v) is 6.92. The van der Waals surface area contributed by atoms with Crippen molar-refractivity contribution in [2.75, 3.05) is 18.0 Å². The number of hydrogen-bond acceptors (Lipinski definition) is 5. The summed E-state index contributed by atoms with van der Waals surface area (Å²) in [6.07, 6.45) is 2.90. The van der Waals surface area contributed by atoms with Crippen LogP contribution >= 0.6 is 0 Å². The van der Waals surface area contributed by atoms with Gasteiger partial charge in [0.1, 0.15) is 5.82 Å². The highest BCUT2D eigenvalue weighted by molar-refractivity contribution is 5.73. The second-order valence-corrected chi connectivity index (χ2v) is 5.20. The summed E-state index contributed by atoms with van der Waals surface area (Å²) in [5, 5.41) is 0. The van der Waals surface area contributed by atoms with Gasteiger partial charge in [0.2, 0.25) is 5.95 Å². The quantitative estimate of drug-likeness (QED) is 0.769. The Hall–Kier alpha value is -2.14. The molecule has 0 spiro atoms. The highest BCUT2D eigenvalue weighted by Gasteiger charge is 2.26. The molecule has 0 saturated heterocycles. The molecule has 1 aliphatic carbocycles. The predicted molar refractivity (Wildman–Crippen MR) is 81.0 cm³/mol. The monoisotopic (exact) mass is 269 g/mol. The molecule has 2 aromatic rings. The van der Waals surface area contributed by atoms with Gasteiger partial charge in [-0.25, -0.2) is 4.98 Å². The Morgan fingerprint density at radius 3 is 2.75 bits per heavy atom. The molecule has 1 aromatic carbocycles. The molecule has 1 atom stereocenters. The Kier molecular flexibility index (Phi) is 3.28. The number of nitrogens with zero attached hydrogens (tertiary/aromatic N) is 2. The summed E-state index contributed by atoms with van der Waals surface area (Å²) >= 11 is 0. The van der Waals surface area contributed by atoms with E-state index in [0.717, 1.165) is 36.1 Å². The molecule has 5 heteroatoms. The van der Waals surface area contributed by atoms with Crippen LogP contribution in [0.1, 0.15) is 29.9 Å². The lowest BCUT2D eigenvalue weighted by molar-refractivity contribution is 0.589. The summed E-state index contributed by atoms with van der Waals surface area (Å²) in [7, 11) is 0. The maximum Gasteiger partial charge on any atom is 0.222 e. The van der Waals surface area contributed by atoms with Crippen molar-refractivity contribution >= 4 is 11.8 Å². The SMILES string of the molecule is NCCC1CCc2ccccc2-c2nc(N)nc(N)c21. The van der Waals surface area contributed by atoms with Crippen LogP contribution in [0.5, 0.6) is 0 Å². The lowest BCUT2D eigenvalue weighted by atomic mass is 9.91. The predicted octanol–water partition coefficient (Wildman–Crippen LogP) is 1.69. The second-order valence-electron chi connectivity index (χ2n) is 5.20. The normalized spacial score (nSPS) is 17.1. The fraction of sp³-hybridized carbons (Fsp3) is 0.333. The number of aryl methyl sites for hydroxylation is 1. The summed E-state index contributed by atoms with van der Waals surface area (Å²) in [4.78, 5) is 8.59. The molecule has 1 aliphatic rings. The van der Waals surface area contributed by atoms with Crippen LogP contribution in [0.15, 0.2) is 24.3 Å². The third-order valence-electron chi connectivity index (χ3n) is 3.95. The molecule has 0 fully saturated rings. The standard InChI is InChI=1S/C15H19N5/c16-8-7-10-6-5-9-3-1-2-4-11(9)13-12(10)14(17)20-15(18)19-13/h1-4,10H,5-8,16H2,(H4,17,18,19,20). The molecule has 1 aromatic heterocycles. The average molecular weight is 269 g/mol. The second kappa shape index (κ2) is 5.09. The van der Waals surface area contributed by atoms with Crippen LogP contribution in [-0.2, 0) is 6.42 Å². The molecule has 0 bridgehead atoms. The molecule has 104 valence electrons. The maximum atomic E-state index is 6.12. The Morgan fingerprint density at radius 1 is 1.15 bits per heavy atom. The summed E-state index contributed by atoms with van der Waals surface area (Å²) < 4.78 is 0. The van der Waals surface area contributed by atoms with E-state index in [1.165, 1.54) is 5.56 Å². The van der Waals surface area contributed by atoms with Crippen LogP contribution in [0.3, 0.4) is 0 Å². The Balaban J connectivity index is 2.25. The molecule has 3 rings (SSSR count). The van der Waals surface area contributed by atoms with Crippen LogP contribution < -0.4 is 17.2 Å². The Morgan fingerprint density at radius 2 is 1.95 bits per heavy atom. The topological polar surface area (TPSA) is 104 Å². The molecular formula is C15H19N5. The van der Waals surface area contributed by atoms with Crippen LogP contribution in [0, 0.1) is 0 Å². The van der Waals surface area contributed by atoms with Crippen LogP contribution in [0.4, 0.5) is 11.8 Å². The first kappa shape index (κ1) is 12.9. The zero-order valence-corrected chi connectivity index (χ0v) is 11.3. The van der Waals surface area contributed by atoms with Gasteiger partial charge in [-0.1, -0.05) is 24.3 Å². The highest BCUT2D eigenvalue weighted by atomic mass is 15.0. The van der Waals surface area contributed by atoms with Gasteiger partial charge in [0, 0.05) is 11.1 Å². The molecular weight excluding hydrogens is 250 g/mol. The van der Waals surface area contributed by atoms with Gasteiger partial charge in [-0.3, -0.25) is 0 Å². The number of nitrogen functional groups attached to an aromatic ring is 2. The number of benzene rings is 1. The van der Waals surface area contributed by atoms with Gasteiger partial charge >= 0.3 is 0 Å². The Labute approximate surface area is 118 Å². The number of anilines is 2. The van der Waals surface area contributed by atoms with E-state index in [4.69, 9.17) is 17.2 Å². The minimum Gasteiger partial charge on any atom is -0.383 e. The summed E-state index contributed by atoms with van der Waals surface area (Å²) in [6, 6.07) is 8.28. The first-order chi connectivity index (χ1) is 9.70. The number of fused-ring (bicyclic) bond motifs is 3. The van der Waals surface area contributed by atoms with E-state index < -0.39 is 0 Å². The van der Waals surface area contributed by atoms with Gasteiger partial charge in [0.15, 0.2) is 0 Å². The zero-order valence-electron chi connectivity index (χ0n) is 11.3. The van der Waals surface area contributed by atoms with Gasteiger partial charge < -0.3 is 17.2 Å². The van der Waals surface area contributed by atoms with Gasteiger partial charge in [0.05, 0.1) is 5.69 Å². The van der Waals surface area contributed by atoms with Gasteiger partial charge in [0.25, 0.3) is 0 Å². The zero-order chi connectivity index (χ0) is 14.1. The minimum atomic E-state index is 0.226. The van der Waals surface area contributed by atoms with Crippen molar-refractivity contribution in [3.63, 3.8) is 0 Å². The maximum absolute atomic E-state index is 6.12. The fourth-order valence-electron chi connectivity index (χ4n) is 3.05. The molecule has 1 unspecified atom stereocenters. The lowest BCUT2D eigenvalue weighted by Crippen LogP contribution is -2.13. The Bertz CT molecular complexity index is 638. The van der Waals surface area contributed by atoms with Crippen molar-refractivity contribution in [2.45, 2.75) is 25.2 Å². The van der Waals surface area contributed by atoms with Crippen molar-refractivity contribution in [3.05, 3.63) is 35.4 Å². The van der Waals surface area contributed by atoms with Gasteiger partial charge in [-0.15, -0.1) is 0 Å². The number of nitrogens with two attached hydrogens (primary N) is 3. The number of hydrogen-bond donors (Lipinski definition) is 3. The van der Waals surface area contributed by atoms with Gasteiger partial charge in [-0.2, -0.15) is 4.98 Å². The van der Waals surface area contributed by atoms with E-state index in [1.807, 2.05) is 6.07 Å². The van der Waals surface area contributed by atoms with E-state index in [2.05, 4.69) is 28.2 Å². The first-order valence-electron chi connectivity index (χ1n) is 6.92. The molecule has 1 heterocycles. The smallest absolute Gasteiger partial charge is 0.222 e. The largest absolute Gasteiger partial charge is 0.383 e. The summed E-state index contributed by atoms with van der Waals surface area (Å²) in [6.45, 7) is 0.629. The molecule has 5 nitrogen and oxygen atoms in total. The van der Waals surface area contributed by atoms with Crippen molar-refractivity contribution in [2.24, 2.45) is 5.73 Å². The van der Waals surface area contributed by atoms with E-state index in [9.17, 15) is 0 Å². The van der Waals surface area contributed by atoms with Crippen LogP contribution in [-0.4, -0.2) is 16.5 Å². The van der Waals surface area contributed by atoms with E-state index in [-0.39, 0.29) is 5.95 Å². The third-order valence-corrected chi connectivity index (χ3v) is 3.95. The number of rotatable bonds is 2. The average Bonchev–Trinajstić information content (AvgIpc) is 2.58. The minimum absolute atomic E-state index is 0.226. The van der Waals surface area contributed by atoms with E-state index >= 15 is 0 Å². The summed E-state index contributed by atoms with van der Waals surface area (Å²) in [5.41, 5.74) is 21.9. The molecule has 0 radical (unpaired) electrons. The molecule has 20 heavy (non-hydrogen) atoms.